The third-order valence-corrected chi connectivity index (χ3v) is 4.82. The van der Waals surface area contributed by atoms with Gasteiger partial charge in [-0.25, -0.2) is 4.39 Å². The minimum absolute atomic E-state index is 0.0634. The van der Waals surface area contributed by atoms with E-state index in [0.717, 1.165) is 18.5 Å². The second-order valence-electron chi connectivity index (χ2n) is 6.96. The molecule has 1 aliphatic rings. The van der Waals surface area contributed by atoms with E-state index < -0.39 is 0 Å². The first-order valence-electron chi connectivity index (χ1n) is 7.98. The van der Waals surface area contributed by atoms with E-state index in [1.165, 1.54) is 25.7 Å². The predicted octanol–water partition coefficient (Wildman–Crippen LogP) is 4.56. The van der Waals surface area contributed by atoms with E-state index in [0.29, 0.717) is 17.4 Å². The fourth-order valence-corrected chi connectivity index (χ4v) is 3.39. The highest BCUT2D eigenvalue weighted by Crippen LogP contribution is 2.39. The third kappa shape index (κ3) is 4.05. The van der Waals surface area contributed by atoms with Gasteiger partial charge in [0.15, 0.2) is 0 Å². The van der Waals surface area contributed by atoms with Crippen molar-refractivity contribution in [1.29, 1.82) is 0 Å². The zero-order chi connectivity index (χ0) is 14.6. The maximum absolute atomic E-state index is 13.9. The SMILES string of the molecule is CCNC(Cc1ccccc1F)C1CCC(C)(C)CC1. The van der Waals surface area contributed by atoms with E-state index in [9.17, 15) is 4.39 Å². The lowest BCUT2D eigenvalue weighted by atomic mass is 9.70. The van der Waals surface area contributed by atoms with Crippen LogP contribution in [-0.2, 0) is 6.42 Å². The van der Waals surface area contributed by atoms with Crippen molar-refractivity contribution >= 4 is 0 Å². The van der Waals surface area contributed by atoms with Gasteiger partial charge in [-0.1, -0.05) is 39.0 Å². The van der Waals surface area contributed by atoms with Gasteiger partial charge in [0, 0.05) is 6.04 Å². The van der Waals surface area contributed by atoms with Crippen molar-refractivity contribution in [1.82, 2.24) is 5.32 Å². The Morgan fingerprint density at radius 1 is 1.25 bits per heavy atom. The highest BCUT2D eigenvalue weighted by Gasteiger charge is 2.31. The van der Waals surface area contributed by atoms with Crippen LogP contribution in [0.5, 0.6) is 0 Å². The minimum Gasteiger partial charge on any atom is -0.314 e. The Balaban J connectivity index is 2.02. The Labute approximate surface area is 123 Å². The van der Waals surface area contributed by atoms with E-state index >= 15 is 0 Å². The number of hydrogen-bond acceptors (Lipinski definition) is 1. The van der Waals surface area contributed by atoms with Crippen molar-refractivity contribution < 1.29 is 4.39 Å². The Morgan fingerprint density at radius 3 is 2.50 bits per heavy atom. The van der Waals surface area contributed by atoms with E-state index in [4.69, 9.17) is 0 Å². The molecule has 1 fully saturated rings. The van der Waals surface area contributed by atoms with Gasteiger partial charge in [-0.3, -0.25) is 0 Å². The average Bonchev–Trinajstić information content (AvgIpc) is 2.41. The molecule has 0 radical (unpaired) electrons. The van der Waals surface area contributed by atoms with E-state index in [2.05, 4.69) is 26.1 Å². The van der Waals surface area contributed by atoms with E-state index in [1.54, 1.807) is 12.1 Å². The molecular weight excluding hydrogens is 249 g/mol. The maximum Gasteiger partial charge on any atom is 0.126 e. The Morgan fingerprint density at radius 2 is 1.90 bits per heavy atom. The summed E-state index contributed by atoms with van der Waals surface area (Å²) in [5.41, 5.74) is 1.34. The normalized spacial score (nSPS) is 20.8. The lowest BCUT2D eigenvalue weighted by Gasteiger charge is -2.38. The van der Waals surface area contributed by atoms with E-state index in [1.807, 2.05) is 12.1 Å². The number of benzene rings is 1. The molecule has 112 valence electrons. The molecule has 0 bridgehead atoms. The van der Waals surface area contributed by atoms with Crippen molar-refractivity contribution in [2.45, 2.75) is 58.9 Å². The predicted molar refractivity (Wildman–Crippen MR) is 83.3 cm³/mol. The fraction of sp³-hybridized carbons (Fsp3) is 0.667. The summed E-state index contributed by atoms with van der Waals surface area (Å²) in [6, 6.07) is 7.61. The summed E-state index contributed by atoms with van der Waals surface area (Å²) in [6.45, 7) is 7.82. The molecule has 1 aliphatic carbocycles. The fourth-order valence-electron chi connectivity index (χ4n) is 3.39. The first-order chi connectivity index (χ1) is 9.52. The largest absolute Gasteiger partial charge is 0.314 e. The molecule has 2 heteroatoms. The van der Waals surface area contributed by atoms with Crippen molar-refractivity contribution in [2.75, 3.05) is 6.54 Å². The summed E-state index contributed by atoms with van der Waals surface area (Å²) in [6.07, 6.45) is 5.91. The molecule has 1 aromatic rings. The van der Waals surface area contributed by atoms with Gasteiger partial charge in [-0.05, 0) is 61.6 Å². The molecule has 1 nitrogen and oxygen atoms in total. The summed E-state index contributed by atoms with van der Waals surface area (Å²) < 4.78 is 13.9. The number of hydrogen-bond donors (Lipinski definition) is 1. The molecular formula is C18H28FN. The van der Waals surface area contributed by atoms with Crippen LogP contribution in [0, 0.1) is 17.2 Å². The minimum atomic E-state index is -0.0634. The second-order valence-corrected chi connectivity index (χ2v) is 6.96. The molecule has 0 heterocycles. The Kier molecular flexibility index (Phi) is 5.20. The molecule has 0 spiro atoms. The van der Waals surface area contributed by atoms with Crippen LogP contribution in [0.3, 0.4) is 0 Å². The zero-order valence-corrected chi connectivity index (χ0v) is 13.1. The van der Waals surface area contributed by atoms with Crippen LogP contribution < -0.4 is 5.32 Å². The molecule has 20 heavy (non-hydrogen) atoms. The maximum atomic E-state index is 13.9. The van der Waals surface area contributed by atoms with Crippen molar-refractivity contribution in [2.24, 2.45) is 11.3 Å². The van der Waals surface area contributed by atoms with Gasteiger partial charge in [0.2, 0.25) is 0 Å². The Hall–Kier alpha value is -0.890. The van der Waals surface area contributed by atoms with Crippen molar-refractivity contribution in [3.05, 3.63) is 35.6 Å². The van der Waals surface area contributed by atoms with Gasteiger partial charge in [-0.2, -0.15) is 0 Å². The van der Waals surface area contributed by atoms with Crippen LogP contribution in [0.1, 0.15) is 52.0 Å². The summed E-state index contributed by atoms with van der Waals surface area (Å²) in [5, 5.41) is 3.59. The molecule has 2 rings (SSSR count). The Bertz CT molecular complexity index is 417. The number of nitrogens with one attached hydrogen (secondary N) is 1. The molecule has 1 unspecified atom stereocenters. The number of likely N-dealkylation sites (N-methyl/N-ethyl adjacent to an activating group) is 1. The zero-order valence-electron chi connectivity index (χ0n) is 13.1. The molecule has 1 atom stereocenters. The lowest BCUT2D eigenvalue weighted by molar-refractivity contribution is 0.161. The third-order valence-electron chi connectivity index (χ3n) is 4.82. The standard InChI is InChI=1S/C18H28FN/c1-4-20-17(13-15-7-5-6-8-16(15)19)14-9-11-18(2,3)12-10-14/h5-8,14,17,20H,4,9-13H2,1-3H3. The first kappa shape index (κ1) is 15.5. The van der Waals surface area contributed by atoms with Gasteiger partial charge >= 0.3 is 0 Å². The summed E-state index contributed by atoms with van der Waals surface area (Å²) >= 11 is 0. The highest BCUT2D eigenvalue weighted by molar-refractivity contribution is 5.18. The summed E-state index contributed by atoms with van der Waals surface area (Å²) in [4.78, 5) is 0. The van der Waals surface area contributed by atoms with Crippen LogP contribution in [0.2, 0.25) is 0 Å². The highest BCUT2D eigenvalue weighted by atomic mass is 19.1. The van der Waals surface area contributed by atoms with Crippen LogP contribution >= 0.6 is 0 Å². The summed E-state index contributed by atoms with van der Waals surface area (Å²) in [7, 11) is 0. The number of rotatable bonds is 5. The van der Waals surface area contributed by atoms with Gasteiger partial charge in [0.05, 0.1) is 0 Å². The van der Waals surface area contributed by atoms with Crippen LogP contribution in [0.4, 0.5) is 4.39 Å². The van der Waals surface area contributed by atoms with Crippen LogP contribution in [0.25, 0.3) is 0 Å². The molecule has 0 amide bonds. The number of halogens is 1. The van der Waals surface area contributed by atoms with Crippen molar-refractivity contribution in [3.8, 4) is 0 Å². The summed E-state index contributed by atoms with van der Waals surface area (Å²) in [5.74, 6) is 0.620. The molecule has 1 aromatic carbocycles. The van der Waals surface area contributed by atoms with E-state index in [-0.39, 0.29) is 5.82 Å². The quantitative estimate of drug-likeness (QED) is 0.831. The van der Waals surface area contributed by atoms with Gasteiger partial charge in [0.1, 0.15) is 5.82 Å². The average molecular weight is 277 g/mol. The lowest BCUT2D eigenvalue weighted by Crippen LogP contribution is -2.40. The molecule has 0 aliphatic heterocycles. The topological polar surface area (TPSA) is 12.0 Å². The molecule has 0 aromatic heterocycles. The second kappa shape index (κ2) is 6.71. The monoisotopic (exact) mass is 277 g/mol. The smallest absolute Gasteiger partial charge is 0.126 e. The molecule has 1 saturated carbocycles. The molecule has 1 N–H and O–H groups in total. The van der Waals surface area contributed by atoms with Crippen LogP contribution in [-0.4, -0.2) is 12.6 Å². The van der Waals surface area contributed by atoms with Gasteiger partial charge < -0.3 is 5.32 Å². The van der Waals surface area contributed by atoms with Gasteiger partial charge in [-0.15, -0.1) is 0 Å². The van der Waals surface area contributed by atoms with Gasteiger partial charge in [0.25, 0.3) is 0 Å². The van der Waals surface area contributed by atoms with Crippen molar-refractivity contribution in [3.63, 3.8) is 0 Å². The molecule has 0 saturated heterocycles. The first-order valence-corrected chi connectivity index (χ1v) is 7.98. The van der Waals surface area contributed by atoms with Crippen LogP contribution in [0.15, 0.2) is 24.3 Å².